The zero-order valence-electron chi connectivity index (χ0n) is 10.0. The van der Waals surface area contributed by atoms with Crippen molar-refractivity contribution in [2.75, 3.05) is 6.79 Å². The van der Waals surface area contributed by atoms with Crippen molar-refractivity contribution >= 4 is 11.8 Å². The average Bonchev–Trinajstić information content (AvgIpc) is 2.95. The van der Waals surface area contributed by atoms with E-state index in [2.05, 4.69) is 24.0 Å². The van der Waals surface area contributed by atoms with Crippen LogP contribution in [0.15, 0.2) is 27.8 Å². The summed E-state index contributed by atoms with van der Waals surface area (Å²) in [5, 5.41) is 9.02. The number of ether oxygens (including phenoxy) is 2. The largest absolute Gasteiger partial charge is 0.454 e. The Bertz CT molecular complexity index is 568. The summed E-state index contributed by atoms with van der Waals surface area (Å²) in [5.41, 5.74) is 0.836. The second-order valence-corrected chi connectivity index (χ2v) is 5.64. The van der Waals surface area contributed by atoms with E-state index in [0.717, 1.165) is 11.3 Å². The Labute approximate surface area is 108 Å². The van der Waals surface area contributed by atoms with Crippen LogP contribution in [0, 0.1) is 0 Å². The molecule has 1 aromatic heterocycles. The van der Waals surface area contributed by atoms with Crippen LogP contribution in [0.3, 0.4) is 0 Å². The fraction of sp³-hybridized carbons (Fsp3) is 0.333. The van der Waals surface area contributed by atoms with Crippen LogP contribution in [-0.2, 0) is 0 Å². The summed E-state index contributed by atoms with van der Waals surface area (Å²) in [4.78, 5) is 0. The Morgan fingerprint density at radius 3 is 2.83 bits per heavy atom. The lowest BCUT2D eigenvalue weighted by Crippen LogP contribution is -1.92. The van der Waals surface area contributed by atoms with Crippen LogP contribution in [0.5, 0.6) is 11.5 Å². The molecule has 3 rings (SSSR count). The Morgan fingerprint density at radius 1 is 1.17 bits per heavy atom. The van der Waals surface area contributed by atoms with Gasteiger partial charge in [0, 0.05) is 10.8 Å². The molecule has 0 unspecified atom stereocenters. The minimum Gasteiger partial charge on any atom is -0.454 e. The van der Waals surface area contributed by atoms with Crippen molar-refractivity contribution in [2.45, 2.75) is 24.3 Å². The van der Waals surface area contributed by atoms with Crippen molar-refractivity contribution in [3.05, 3.63) is 18.2 Å². The van der Waals surface area contributed by atoms with Gasteiger partial charge in [0.05, 0.1) is 0 Å². The van der Waals surface area contributed by atoms with E-state index in [1.807, 2.05) is 18.2 Å². The van der Waals surface area contributed by atoms with Crippen LogP contribution in [0.1, 0.15) is 13.8 Å². The van der Waals surface area contributed by atoms with Gasteiger partial charge in [-0.05, 0) is 18.2 Å². The molecule has 2 aromatic rings. The van der Waals surface area contributed by atoms with E-state index < -0.39 is 0 Å². The van der Waals surface area contributed by atoms with Gasteiger partial charge in [-0.3, -0.25) is 0 Å². The van der Waals surface area contributed by atoms with E-state index in [0.29, 0.717) is 22.1 Å². The summed E-state index contributed by atoms with van der Waals surface area (Å²) in [6.45, 7) is 4.42. The molecule has 0 saturated heterocycles. The summed E-state index contributed by atoms with van der Waals surface area (Å²) in [6.07, 6.45) is 0. The fourth-order valence-electron chi connectivity index (χ4n) is 1.61. The molecular weight excluding hydrogens is 252 g/mol. The van der Waals surface area contributed by atoms with Gasteiger partial charge in [0.2, 0.25) is 12.7 Å². The standard InChI is InChI=1S/C12H12N2O3S/c1-7(2)18-12-14-13-11(17-12)8-3-4-9-10(5-8)16-6-15-9/h3-5,7H,6H2,1-2H3. The third-order valence-electron chi connectivity index (χ3n) is 2.36. The molecule has 5 nitrogen and oxygen atoms in total. The minimum absolute atomic E-state index is 0.261. The Hall–Kier alpha value is -1.69. The van der Waals surface area contributed by atoms with Crippen molar-refractivity contribution in [3.63, 3.8) is 0 Å². The molecule has 18 heavy (non-hydrogen) atoms. The van der Waals surface area contributed by atoms with Gasteiger partial charge in [-0.1, -0.05) is 25.6 Å². The van der Waals surface area contributed by atoms with Gasteiger partial charge in [0.1, 0.15) is 0 Å². The van der Waals surface area contributed by atoms with Crippen molar-refractivity contribution in [2.24, 2.45) is 0 Å². The first-order valence-electron chi connectivity index (χ1n) is 5.62. The molecule has 94 valence electrons. The predicted octanol–water partition coefficient (Wildman–Crippen LogP) is 2.97. The molecule has 0 N–H and O–H groups in total. The monoisotopic (exact) mass is 264 g/mol. The lowest BCUT2D eigenvalue weighted by atomic mass is 10.2. The summed E-state index contributed by atoms with van der Waals surface area (Å²) < 4.78 is 16.2. The number of hydrogen-bond donors (Lipinski definition) is 0. The van der Waals surface area contributed by atoms with Gasteiger partial charge in [0.25, 0.3) is 5.22 Å². The van der Waals surface area contributed by atoms with Crippen molar-refractivity contribution < 1.29 is 13.9 Å². The number of hydrogen-bond acceptors (Lipinski definition) is 6. The first-order valence-corrected chi connectivity index (χ1v) is 6.50. The van der Waals surface area contributed by atoms with Crippen molar-refractivity contribution in [1.29, 1.82) is 0 Å². The fourth-order valence-corrected chi connectivity index (χ4v) is 2.22. The number of benzene rings is 1. The molecule has 1 aliphatic heterocycles. The number of rotatable bonds is 3. The molecular formula is C12H12N2O3S. The second-order valence-electron chi connectivity index (χ2n) is 4.11. The second kappa shape index (κ2) is 4.53. The van der Waals surface area contributed by atoms with Gasteiger partial charge >= 0.3 is 0 Å². The Morgan fingerprint density at radius 2 is 2.00 bits per heavy atom. The Balaban J connectivity index is 1.88. The highest BCUT2D eigenvalue weighted by molar-refractivity contribution is 7.99. The molecule has 1 aromatic carbocycles. The van der Waals surface area contributed by atoms with Crippen LogP contribution in [0.2, 0.25) is 0 Å². The van der Waals surface area contributed by atoms with E-state index in [1.54, 1.807) is 11.8 Å². The number of fused-ring (bicyclic) bond motifs is 1. The quantitative estimate of drug-likeness (QED) is 0.794. The van der Waals surface area contributed by atoms with Gasteiger partial charge in [0.15, 0.2) is 11.5 Å². The van der Waals surface area contributed by atoms with E-state index in [-0.39, 0.29) is 6.79 Å². The third kappa shape index (κ3) is 2.15. The maximum absolute atomic E-state index is 5.58. The number of thioether (sulfide) groups is 1. The molecule has 0 fully saturated rings. The molecule has 0 radical (unpaired) electrons. The van der Waals surface area contributed by atoms with Gasteiger partial charge in [-0.2, -0.15) is 0 Å². The smallest absolute Gasteiger partial charge is 0.277 e. The highest BCUT2D eigenvalue weighted by Gasteiger charge is 2.17. The molecule has 0 bridgehead atoms. The van der Waals surface area contributed by atoms with E-state index >= 15 is 0 Å². The maximum atomic E-state index is 5.58. The van der Waals surface area contributed by atoms with Crippen LogP contribution in [-0.4, -0.2) is 22.2 Å². The van der Waals surface area contributed by atoms with E-state index in [9.17, 15) is 0 Å². The van der Waals surface area contributed by atoms with E-state index in [4.69, 9.17) is 13.9 Å². The zero-order chi connectivity index (χ0) is 12.5. The third-order valence-corrected chi connectivity index (χ3v) is 3.20. The Kier molecular flexibility index (Phi) is 2.87. The lowest BCUT2D eigenvalue weighted by molar-refractivity contribution is 0.174. The zero-order valence-corrected chi connectivity index (χ0v) is 10.9. The summed E-state index contributed by atoms with van der Waals surface area (Å²) in [6, 6.07) is 5.57. The average molecular weight is 264 g/mol. The van der Waals surface area contributed by atoms with Crippen LogP contribution in [0.25, 0.3) is 11.5 Å². The van der Waals surface area contributed by atoms with E-state index in [1.165, 1.54) is 0 Å². The van der Waals surface area contributed by atoms with Gasteiger partial charge in [-0.25, -0.2) is 0 Å². The van der Waals surface area contributed by atoms with Crippen LogP contribution < -0.4 is 9.47 Å². The first kappa shape index (κ1) is 11.4. The van der Waals surface area contributed by atoms with Gasteiger partial charge < -0.3 is 13.9 Å². The van der Waals surface area contributed by atoms with Crippen molar-refractivity contribution in [3.8, 4) is 23.0 Å². The highest BCUT2D eigenvalue weighted by atomic mass is 32.2. The topological polar surface area (TPSA) is 57.4 Å². The first-order chi connectivity index (χ1) is 8.72. The normalized spacial score (nSPS) is 13.3. The molecule has 0 atom stereocenters. The molecule has 0 spiro atoms. The lowest BCUT2D eigenvalue weighted by Gasteiger charge is -1.98. The van der Waals surface area contributed by atoms with Crippen molar-refractivity contribution in [1.82, 2.24) is 10.2 Å². The minimum atomic E-state index is 0.261. The molecule has 0 aliphatic carbocycles. The maximum Gasteiger partial charge on any atom is 0.277 e. The summed E-state index contributed by atoms with van der Waals surface area (Å²) >= 11 is 1.54. The van der Waals surface area contributed by atoms with Gasteiger partial charge in [-0.15, -0.1) is 10.2 Å². The summed E-state index contributed by atoms with van der Waals surface area (Å²) in [5.74, 6) is 1.95. The predicted molar refractivity (Wildman–Crippen MR) is 66.9 cm³/mol. The summed E-state index contributed by atoms with van der Waals surface area (Å²) in [7, 11) is 0. The highest BCUT2D eigenvalue weighted by Crippen LogP contribution is 2.36. The molecule has 0 amide bonds. The molecule has 2 heterocycles. The SMILES string of the molecule is CC(C)Sc1nnc(-c2ccc3c(c2)OCO3)o1. The number of nitrogens with zero attached hydrogens (tertiary/aromatic N) is 2. The molecule has 1 aliphatic rings. The van der Waals surface area contributed by atoms with Crippen LogP contribution >= 0.6 is 11.8 Å². The molecule has 0 saturated carbocycles. The molecule has 6 heteroatoms. The van der Waals surface area contributed by atoms with Crippen LogP contribution in [0.4, 0.5) is 0 Å². The number of aromatic nitrogens is 2.